The number of hydrogen-bond acceptors (Lipinski definition) is 4. The van der Waals surface area contributed by atoms with Crippen LogP contribution < -0.4 is 16.0 Å². The molecule has 6 nitrogen and oxygen atoms in total. The molecule has 0 saturated carbocycles. The third-order valence-electron chi connectivity index (χ3n) is 2.96. The van der Waals surface area contributed by atoms with Gasteiger partial charge in [0.05, 0.1) is 10.6 Å². The van der Waals surface area contributed by atoms with Crippen LogP contribution in [0.1, 0.15) is 15.9 Å². The second kappa shape index (κ2) is 6.89. The minimum atomic E-state index is -3.77. The second-order valence-corrected chi connectivity index (χ2v) is 6.14. The molecular formula is C14H16ClN3O3S. The van der Waals surface area contributed by atoms with Crippen LogP contribution in [0.3, 0.4) is 0 Å². The minimum Gasteiger partial charge on any atom is -0.267 e. The van der Waals surface area contributed by atoms with Gasteiger partial charge in [-0.2, -0.15) is 0 Å². The lowest BCUT2D eigenvalue weighted by Gasteiger charge is -2.17. The largest absolute Gasteiger partial charge is 0.272 e. The third kappa shape index (κ3) is 4.05. The highest BCUT2D eigenvalue weighted by molar-refractivity contribution is 7.89. The molecule has 118 valence electrons. The van der Waals surface area contributed by atoms with Gasteiger partial charge in [0, 0.05) is 5.56 Å². The highest BCUT2D eigenvalue weighted by Crippen LogP contribution is 2.17. The Morgan fingerprint density at radius 3 is 1.95 bits per heavy atom. The molecule has 0 aromatic heterocycles. The van der Waals surface area contributed by atoms with Gasteiger partial charge < -0.3 is 0 Å². The molecule has 22 heavy (non-hydrogen) atoms. The van der Waals surface area contributed by atoms with E-state index in [1.54, 1.807) is 12.1 Å². The normalized spacial score (nSPS) is 10.7. The summed E-state index contributed by atoms with van der Waals surface area (Å²) in [4.78, 5) is 12.2. The molecule has 8 heteroatoms. The number of halogens is 1. The summed E-state index contributed by atoms with van der Waals surface area (Å²) in [6.45, 7) is 1.92. The van der Waals surface area contributed by atoms with Crippen molar-refractivity contribution < 1.29 is 13.2 Å². The van der Waals surface area contributed by atoms with Crippen LogP contribution in [-0.2, 0) is 10.0 Å². The number of rotatable bonds is 3. The van der Waals surface area contributed by atoms with Crippen LogP contribution in [0.2, 0.25) is 0 Å². The second-order valence-electron chi connectivity index (χ2n) is 4.58. The Bertz CT molecular complexity index is 759. The molecule has 0 heterocycles. The first kappa shape index (κ1) is 18.1. The molecule has 2 aromatic rings. The zero-order valence-corrected chi connectivity index (χ0v) is 13.4. The number of hydrazine groups is 1. The van der Waals surface area contributed by atoms with E-state index in [9.17, 15) is 13.2 Å². The van der Waals surface area contributed by atoms with Crippen LogP contribution in [-0.4, -0.2) is 14.3 Å². The summed E-state index contributed by atoms with van der Waals surface area (Å²) < 4.78 is 22.3. The number of benzene rings is 2. The fourth-order valence-electron chi connectivity index (χ4n) is 1.75. The van der Waals surface area contributed by atoms with E-state index < -0.39 is 15.9 Å². The number of sulfonamides is 1. The molecule has 0 aliphatic heterocycles. The Morgan fingerprint density at radius 1 is 1.00 bits per heavy atom. The fourth-order valence-corrected chi connectivity index (χ4v) is 2.26. The number of aryl methyl sites for hydroxylation is 1. The number of carbonyl (C=O) groups is 1. The molecular weight excluding hydrogens is 326 g/mol. The van der Waals surface area contributed by atoms with Crippen molar-refractivity contribution in [3.8, 4) is 0 Å². The van der Waals surface area contributed by atoms with Gasteiger partial charge in [0.1, 0.15) is 0 Å². The third-order valence-corrected chi connectivity index (χ3v) is 3.89. The number of anilines is 1. The first-order chi connectivity index (χ1) is 9.79. The maximum Gasteiger partial charge on any atom is 0.272 e. The first-order valence-electron chi connectivity index (χ1n) is 6.08. The first-order valence-corrected chi connectivity index (χ1v) is 7.62. The molecule has 0 spiro atoms. The topological polar surface area (TPSA) is 106 Å². The number of nitrogens with zero attached hydrogens (tertiary/aromatic N) is 1. The lowest BCUT2D eigenvalue weighted by atomic mass is 10.1. The average molecular weight is 342 g/mol. The van der Waals surface area contributed by atoms with E-state index >= 15 is 0 Å². The summed E-state index contributed by atoms with van der Waals surface area (Å²) in [5.41, 5.74) is 1.85. The Kier molecular flexibility index (Phi) is 5.67. The van der Waals surface area contributed by atoms with E-state index in [1.807, 2.05) is 19.1 Å². The van der Waals surface area contributed by atoms with Gasteiger partial charge in [-0.3, -0.25) is 4.79 Å². The van der Waals surface area contributed by atoms with Crippen LogP contribution in [0.15, 0.2) is 53.4 Å². The fraction of sp³-hybridized carbons (Fsp3) is 0.0714. The van der Waals surface area contributed by atoms with E-state index in [-0.39, 0.29) is 17.3 Å². The van der Waals surface area contributed by atoms with Gasteiger partial charge >= 0.3 is 0 Å². The summed E-state index contributed by atoms with van der Waals surface area (Å²) in [5.74, 6) is 5.38. The molecule has 0 fully saturated rings. The van der Waals surface area contributed by atoms with E-state index in [0.29, 0.717) is 11.3 Å². The van der Waals surface area contributed by atoms with Crippen molar-refractivity contribution in [3.63, 3.8) is 0 Å². The smallest absolute Gasteiger partial charge is 0.267 e. The Morgan fingerprint density at radius 2 is 1.50 bits per heavy atom. The molecule has 0 saturated heterocycles. The zero-order chi connectivity index (χ0) is 15.6. The molecule has 0 aliphatic carbocycles. The predicted molar refractivity (Wildman–Crippen MR) is 87.2 cm³/mol. The summed E-state index contributed by atoms with van der Waals surface area (Å²) in [6, 6.07) is 12.4. The molecule has 0 atom stereocenters. The Hall–Kier alpha value is -1.93. The van der Waals surface area contributed by atoms with Crippen molar-refractivity contribution in [2.24, 2.45) is 11.0 Å². The SMILES string of the molecule is Cc1ccc(C(=O)N(N)c2ccc(S(N)(=O)=O)cc2)cc1.Cl. The number of carbonyl (C=O) groups excluding carboxylic acids is 1. The Balaban J connectivity index is 0.00000242. The minimum absolute atomic E-state index is 0. The lowest BCUT2D eigenvalue weighted by Crippen LogP contribution is -2.37. The standard InChI is InChI=1S/C14H15N3O3S.ClH/c1-10-2-4-11(5-3-10)14(18)17(15)12-6-8-13(9-7-12)21(16,19)20;/h2-9H,15H2,1H3,(H2,16,19,20);1H. The number of primary sulfonamides is 1. The summed E-state index contributed by atoms with van der Waals surface area (Å²) >= 11 is 0. The van der Waals surface area contributed by atoms with Crippen molar-refractivity contribution in [2.45, 2.75) is 11.8 Å². The number of amides is 1. The van der Waals surface area contributed by atoms with Gasteiger partial charge in [0.15, 0.2) is 0 Å². The molecule has 4 N–H and O–H groups in total. The van der Waals surface area contributed by atoms with Crippen molar-refractivity contribution in [2.75, 3.05) is 5.01 Å². The number of hydrogen-bond donors (Lipinski definition) is 2. The van der Waals surface area contributed by atoms with Gasteiger partial charge in [0.2, 0.25) is 10.0 Å². The van der Waals surface area contributed by atoms with E-state index in [4.69, 9.17) is 11.0 Å². The molecule has 2 rings (SSSR count). The van der Waals surface area contributed by atoms with Crippen LogP contribution in [0, 0.1) is 6.92 Å². The lowest BCUT2D eigenvalue weighted by molar-refractivity contribution is 0.0987. The maximum atomic E-state index is 12.2. The quantitative estimate of drug-likeness (QED) is 0.502. The van der Waals surface area contributed by atoms with E-state index in [1.165, 1.54) is 24.3 Å². The van der Waals surface area contributed by atoms with Gasteiger partial charge in [-0.15, -0.1) is 12.4 Å². The maximum absolute atomic E-state index is 12.2. The molecule has 0 unspecified atom stereocenters. The van der Waals surface area contributed by atoms with Crippen molar-refractivity contribution >= 4 is 34.0 Å². The van der Waals surface area contributed by atoms with E-state index in [2.05, 4.69) is 0 Å². The molecule has 0 bridgehead atoms. The van der Waals surface area contributed by atoms with Crippen molar-refractivity contribution in [1.82, 2.24) is 0 Å². The van der Waals surface area contributed by atoms with Gasteiger partial charge in [0.25, 0.3) is 5.91 Å². The molecule has 2 aromatic carbocycles. The van der Waals surface area contributed by atoms with Gasteiger partial charge in [-0.05, 0) is 43.3 Å². The monoisotopic (exact) mass is 341 g/mol. The van der Waals surface area contributed by atoms with Crippen molar-refractivity contribution in [1.29, 1.82) is 0 Å². The zero-order valence-electron chi connectivity index (χ0n) is 11.8. The highest BCUT2D eigenvalue weighted by atomic mass is 35.5. The summed E-state index contributed by atoms with van der Waals surface area (Å²) in [7, 11) is -3.77. The Labute approximate surface area is 135 Å². The molecule has 0 radical (unpaired) electrons. The highest BCUT2D eigenvalue weighted by Gasteiger charge is 2.15. The number of nitrogens with two attached hydrogens (primary N) is 2. The van der Waals surface area contributed by atoms with E-state index in [0.717, 1.165) is 10.6 Å². The average Bonchev–Trinajstić information content (AvgIpc) is 2.46. The predicted octanol–water partition coefficient (Wildman–Crippen LogP) is 1.58. The van der Waals surface area contributed by atoms with Crippen LogP contribution in [0.4, 0.5) is 5.69 Å². The van der Waals surface area contributed by atoms with Crippen LogP contribution >= 0.6 is 12.4 Å². The van der Waals surface area contributed by atoms with Gasteiger partial charge in [-0.25, -0.2) is 24.4 Å². The van der Waals surface area contributed by atoms with Gasteiger partial charge in [-0.1, -0.05) is 17.7 Å². The summed E-state index contributed by atoms with van der Waals surface area (Å²) in [5, 5.41) is 5.96. The van der Waals surface area contributed by atoms with Crippen LogP contribution in [0.25, 0.3) is 0 Å². The molecule has 1 amide bonds. The summed E-state index contributed by atoms with van der Waals surface area (Å²) in [6.07, 6.45) is 0. The molecule has 0 aliphatic rings. The van der Waals surface area contributed by atoms with Crippen LogP contribution in [0.5, 0.6) is 0 Å². The van der Waals surface area contributed by atoms with Crippen molar-refractivity contribution in [3.05, 3.63) is 59.7 Å².